The molecule has 1 N–H and O–H groups in total. The number of hydrogen-bond acceptors (Lipinski definition) is 8. The van der Waals surface area contributed by atoms with Gasteiger partial charge in [0.25, 0.3) is 11.2 Å². The third kappa shape index (κ3) is 4.89. The molecular formula is C29H27N5O5. The van der Waals surface area contributed by atoms with Gasteiger partial charge in [0.1, 0.15) is 5.69 Å². The first-order valence-electron chi connectivity index (χ1n) is 12.4. The molecule has 0 aliphatic carbocycles. The van der Waals surface area contributed by atoms with Gasteiger partial charge in [-0.05, 0) is 55.8 Å². The summed E-state index contributed by atoms with van der Waals surface area (Å²) in [6, 6.07) is 17.3. The van der Waals surface area contributed by atoms with E-state index in [9.17, 15) is 20.1 Å². The molecule has 10 heteroatoms. The second-order valence-electron chi connectivity index (χ2n) is 9.41. The van der Waals surface area contributed by atoms with Crippen molar-refractivity contribution in [1.82, 2.24) is 9.78 Å². The maximum Gasteiger partial charge on any atom is 0.295 e. The van der Waals surface area contributed by atoms with Crippen molar-refractivity contribution in [2.45, 2.75) is 13.8 Å². The van der Waals surface area contributed by atoms with Crippen LogP contribution in [0.4, 0.5) is 11.4 Å². The highest BCUT2D eigenvalue weighted by Crippen LogP contribution is 2.32. The summed E-state index contributed by atoms with van der Waals surface area (Å²) in [5.74, 6) is 0. The summed E-state index contributed by atoms with van der Waals surface area (Å²) in [5.41, 5.74) is 3.83. The second kappa shape index (κ2) is 10.5. The summed E-state index contributed by atoms with van der Waals surface area (Å²) < 4.78 is 6.55. The number of nitro benzene ring substituents is 1. The van der Waals surface area contributed by atoms with E-state index in [-0.39, 0.29) is 11.4 Å². The highest BCUT2D eigenvalue weighted by molar-refractivity contribution is 6.01. The molecule has 0 saturated carbocycles. The lowest BCUT2D eigenvalue weighted by Gasteiger charge is -2.29. The predicted octanol–water partition coefficient (Wildman–Crippen LogP) is 5.03. The predicted molar refractivity (Wildman–Crippen MR) is 151 cm³/mol. The lowest BCUT2D eigenvalue weighted by atomic mass is 9.96. The Kier molecular flexibility index (Phi) is 6.95. The van der Waals surface area contributed by atoms with Gasteiger partial charge >= 0.3 is 0 Å². The Hall–Kier alpha value is -4.83. The van der Waals surface area contributed by atoms with E-state index in [0.29, 0.717) is 59.6 Å². The highest BCUT2D eigenvalue weighted by Gasteiger charge is 2.23. The molecule has 5 rings (SSSR count). The summed E-state index contributed by atoms with van der Waals surface area (Å²) >= 11 is 0. The fraction of sp³-hybridized carbons (Fsp3) is 0.207. The van der Waals surface area contributed by atoms with Crippen molar-refractivity contribution >= 4 is 33.4 Å². The number of benzene rings is 3. The van der Waals surface area contributed by atoms with E-state index < -0.39 is 10.5 Å². The smallest absolute Gasteiger partial charge is 0.295 e. The van der Waals surface area contributed by atoms with Crippen molar-refractivity contribution < 1.29 is 14.9 Å². The number of fused-ring (bicyclic) bond motifs is 1. The normalized spacial score (nSPS) is 14.0. The highest BCUT2D eigenvalue weighted by atomic mass is 16.6. The van der Waals surface area contributed by atoms with Crippen LogP contribution < -0.4 is 10.5 Å². The SMILES string of the molecule is C=C(C)c1cc(C(C)=NO)cc(-c2nn(-c3cc(N4CCOCC4)ccc3[N+](=O)[O-])c(=O)c3ccccc23)c1. The zero-order valence-electron chi connectivity index (χ0n) is 21.6. The van der Waals surface area contributed by atoms with Gasteiger partial charge in [-0.2, -0.15) is 9.78 Å². The van der Waals surface area contributed by atoms with Gasteiger partial charge in [-0.3, -0.25) is 14.9 Å². The fourth-order valence-corrected chi connectivity index (χ4v) is 4.70. The van der Waals surface area contributed by atoms with Gasteiger partial charge in [0, 0.05) is 41.4 Å². The number of hydrogen-bond donors (Lipinski definition) is 1. The molecule has 1 aliphatic rings. The van der Waals surface area contributed by atoms with Gasteiger partial charge in [-0.1, -0.05) is 35.5 Å². The van der Waals surface area contributed by atoms with Crippen LogP contribution in [0.1, 0.15) is 25.0 Å². The van der Waals surface area contributed by atoms with E-state index in [1.807, 2.05) is 31.2 Å². The molecule has 0 amide bonds. The number of allylic oxidation sites excluding steroid dienone is 1. The van der Waals surface area contributed by atoms with E-state index in [1.54, 1.807) is 37.3 Å². The van der Waals surface area contributed by atoms with Crippen molar-refractivity contribution in [2.75, 3.05) is 31.2 Å². The topological polar surface area (TPSA) is 123 Å². The average Bonchev–Trinajstić information content (AvgIpc) is 2.97. The van der Waals surface area contributed by atoms with E-state index in [4.69, 9.17) is 9.84 Å². The molecule has 4 aromatic rings. The second-order valence-corrected chi connectivity index (χ2v) is 9.41. The first kappa shape index (κ1) is 25.8. The van der Waals surface area contributed by atoms with Crippen LogP contribution in [-0.4, -0.2) is 51.9 Å². The van der Waals surface area contributed by atoms with E-state index in [1.165, 1.54) is 6.07 Å². The summed E-state index contributed by atoms with van der Waals surface area (Å²) in [6.07, 6.45) is 0. The van der Waals surface area contributed by atoms with Crippen LogP contribution in [0.15, 0.2) is 77.2 Å². The monoisotopic (exact) mass is 525 g/mol. The molecule has 1 aliphatic heterocycles. The molecule has 0 unspecified atom stereocenters. The average molecular weight is 526 g/mol. The van der Waals surface area contributed by atoms with Crippen molar-refractivity contribution in [3.63, 3.8) is 0 Å². The minimum absolute atomic E-state index is 0.0744. The van der Waals surface area contributed by atoms with E-state index >= 15 is 0 Å². The standard InChI is InChI=1S/C29H27N5O5/c1-18(2)20-14-21(19(3)31-36)16-22(15-20)28-24-6-4-5-7-25(24)29(35)33(30-28)27-17-23(8-9-26(27)34(37)38)32-10-12-39-13-11-32/h4-9,14-17,36H,1,10-13H2,2-3H3. The Morgan fingerprint density at radius 1 is 1.05 bits per heavy atom. The van der Waals surface area contributed by atoms with Crippen LogP contribution in [0.25, 0.3) is 33.3 Å². The number of oxime groups is 1. The minimum Gasteiger partial charge on any atom is -0.411 e. The third-order valence-electron chi connectivity index (χ3n) is 6.83. The lowest BCUT2D eigenvalue weighted by molar-refractivity contribution is -0.384. The van der Waals surface area contributed by atoms with Gasteiger partial charge in [0.05, 0.1) is 34.9 Å². The molecule has 0 atom stereocenters. The molecule has 1 fully saturated rings. The van der Waals surface area contributed by atoms with Crippen LogP contribution in [-0.2, 0) is 4.74 Å². The van der Waals surface area contributed by atoms with Crippen molar-refractivity contribution in [3.05, 3.63) is 98.8 Å². The molecule has 0 radical (unpaired) electrons. The number of nitro groups is 1. The summed E-state index contributed by atoms with van der Waals surface area (Å²) in [4.78, 5) is 27.4. The van der Waals surface area contributed by atoms with Crippen LogP contribution in [0.2, 0.25) is 0 Å². The quantitative estimate of drug-likeness (QED) is 0.162. The Balaban J connectivity index is 1.81. The maximum absolute atomic E-state index is 13.7. The van der Waals surface area contributed by atoms with E-state index in [0.717, 1.165) is 21.5 Å². The molecular weight excluding hydrogens is 498 g/mol. The molecule has 1 saturated heterocycles. The number of rotatable bonds is 6. The Bertz CT molecular complexity index is 1700. The number of nitrogens with zero attached hydrogens (tertiary/aromatic N) is 5. The summed E-state index contributed by atoms with van der Waals surface area (Å²) in [7, 11) is 0. The van der Waals surface area contributed by atoms with Gasteiger partial charge in [-0.15, -0.1) is 0 Å². The van der Waals surface area contributed by atoms with E-state index in [2.05, 4.69) is 16.6 Å². The molecule has 0 bridgehead atoms. The summed E-state index contributed by atoms with van der Waals surface area (Å²) in [5, 5.41) is 30.5. The number of morpholine rings is 1. The Labute approximate surface area is 224 Å². The first-order valence-corrected chi connectivity index (χ1v) is 12.4. The van der Waals surface area contributed by atoms with Crippen molar-refractivity contribution in [3.8, 4) is 16.9 Å². The molecule has 0 spiro atoms. The Morgan fingerprint density at radius 3 is 2.41 bits per heavy atom. The van der Waals surface area contributed by atoms with Gasteiger partial charge in [0.15, 0.2) is 0 Å². The minimum atomic E-state index is -0.512. The largest absolute Gasteiger partial charge is 0.411 e. The zero-order valence-corrected chi connectivity index (χ0v) is 21.6. The number of anilines is 1. The van der Waals surface area contributed by atoms with Gasteiger partial charge in [0.2, 0.25) is 0 Å². The van der Waals surface area contributed by atoms with Gasteiger partial charge < -0.3 is 14.8 Å². The lowest BCUT2D eigenvalue weighted by Crippen LogP contribution is -2.36. The number of ether oxygens (including phenoxy) is 1. The maximum atomic E-state index is 13.7. The summed E-state index contributed by atoms with van der Waals surface area (Å²) in [6.45, 7) is 9.93. The first-order chi connectivity index (χ1) is 18.8. The molecule has 2 heterocycles. The molecule has 39 heavy (non-hydrogen) atoms. The van der Waals surface area contributed by atoms with Crippen LogP contribution in [0.5, 0.6) is 0 Å². The number of aromatic nitrogens is 2. The van der Waals surface area contributed by atoms with Crippen LogP contribution >= 0.6 is 0 Å². The molecule has 10 nitrogen and oxygen atoms in total. The molecule has 198 valence electrons. The van der Waals surface area contributed by atoms with Crippen LogP contribution in [0.3, 0.4) is 0 Å². The van der Waals surface area contributed by atoms with Crippen molar-refractivity contribution in [2.24, 2.45) is 5.16 Å². The van der Waals surface area contributed by atoms with Crippen LogP contribution in [0, 0.1) is 10.1 Å². The van der Waals surface area contributed by atoms with Gasteiger partial charge in [-0.25, -0.2) is 0 Å². The molecule has 3 aromatic carbocycles. The fourth-order valence-electron chi connectivity index (χ4n) is 4.70. The zero-order chi connectivity index (χ0) is 27.7. The third-order valence-corrected chi connectivity index (χ3v) is 6.83. The molecule has 1 aromatic heterocycles. The van der Waals surface area contributed by atoms with Crippen molar-refractivity contribution in [1.29, 1.82) is 0 Å². The Morgan fingerprint density at radius 2 is 1.74 bits per heavy atom.